The summed E-state index contributed by atoms with van der Waals surface area (Å²) in [5, 5.41) is 2.85. The topological polar surface area (TPSA) is 58.6 Å². The number of hydrogen-bond donors (Lipinski definition) is 1. The fourth-order valence-electron chi connectivity index (χ4n) is 3.69. The first-order valence-electron chi connectivity index (χ1n) is 8.76. The smallest absolute Gasteiger partial charge is 0.238 e. The number of fused-ring (bicyclic) bond motifs is 1. The lowest BCUT2D eigenvalue weighted by atomic mass is 9.73. The van der Waals surface area contributed by atoms with Gasteiger partial charge in [0.2, 0.25) is 11.8 Å². The van der Waals surface area contributed by atoms with Crippen molar-refractivity contribution in [2.24, 2.45) is 0 Å². The first kappa shape index (κ1) is 18.1. The van der Waals surface area contributed by atoms with Gasteiger partial charge >= 0.3 is 0 Å². The second-order valence-corrected chi connectivity index (χ2v) is 6.65. The van der Waals surface area contributed by atoms with Crippen LogP contribution in [0.1, 0.15) is 17.5 Å². The number of para-hydroxylation sites is 1. The maximum absolute atomic E-state index is 13.3. The maximum atomic E-state index is 13.3. The van der Waals surface area contributed by atoms with Crippen molar-refractivity contribution < 1.29 is 14.3 Å². The average molecular weight is 352 g/mol. The number of amides is 2. The predicted molar refractivity (Wildman–Crippen MR) is 101 cm³/mol. The molecule has 1 heterocycles. The van der Waals surface area contributed by atoms with Gasteiger partial charge in [-0.3, -0.25) is 9.59 Å². The summed E-state index contributed by atoms with van der Waals surface area (Å²) in [7, 11) is 3.37. The summed E-state index contributed by atoms with van der Waals surface area (Å²) in [5.41, 5.74) is 1.94. The number of anilines is 1. The Balaban J connectivity index is 1.97. The second-order valence-electron chi connectivity index (χ2n) is 6.65. The summed E-state index contributed by atoms with van der Waals surface area (Å²) in [6.45, 7) is 0.879. The van der Waals surface area contributed by atoms with Crippen molar-refractivity contribution in [3.8, 4) is 0 Å². The number of ether oxygens (including phenoxy) is 1. The summed E-state index contributed by atoms with van der Waals surface area (Å²) in [6.07, 6.45) is 0.609. The van der Waals surface area contributed by atoms with Crippen LogP contribution in [0.5, 0.6) is 0 Å². The second kappa shape index (κ2) is 7.70. The third-order valence-corrected chi connectivity index (χ3v) is 4.93. The number of methoxy groups -OCH3 is 1. The number of benzene rings is 2. The molecule has 3 rings (SSSR count). The van der Waals surface area contributed by atoms with E-state index in [9.17, 15) is 9.59 Å². The van der Waals surface area contributed by atoms with Crippen LogP contribution < -0.4 is 10.2 Å². The Hall–Kier alpha value is -2.66. The summed E-state index contributed by atoms with van der Waals surface area (Å²) < 4.78 is 4.99. The summed E-state index contributed by atoms with van der Waals surface area (Å²) in [4.78, 5) is 27.5. The Kier molecular flexibility index (Phi) is 5.38. The molecule has 2 amide bonds. The molecule has 0 aliphatic carbocycles. The number of nitrogens with one attached hydrogen (secondary N) is 1. The zero-order chi connectivity index (χ0) is 18.6. The molecule has 0 aromatic heterocycles. The summed E-state index contributed by atoms with van der Waals surface area (Å²) in [5.74, 6) is -0.180. The van der Waals surface area contributed by atoms with Crippen LogP contribution in [-0.2, 0) is 26.2 Å². The van der Waals surface area contributed by atoms with Gasteiger partial charge in [-0.25, -0.2) is 0 Å². The van der Waals surface area contributed by atoms with E-state index in [2.05, 4.69) is 5.32 Å². The summed E-state index contributed by atoms with van der Waals surface area (Å²) in [6, 6.07) is 17.6. The van der Waals surface area contributed by atoms with Gasteiger partial charge in [-0.1, -0.05) is 48.5 Å². The molecule has 2 aromatic carbocycles. The zero-order valence-electron chi connectivity index (χ0n) is 15.2. The van der Waals surface area contributed by atoms with Crippen LogP contribution in [0.25, 0.3) is 0 Å². The molecule has 0 bridgehead atoms. The van der Waals surface area contributed by atoms with Crippen molar-refractivity contribution in [2.75, 3.05) is 32.2 Å². The zero-order valence-corrected chi connectivity index (χ0v) is 15.2. The molecular weight excluding hydrogens is 328 g/mol. The van der Waals surface area contributed by atoms with Gasteiger partial charge in [0.15, 0.2) is 0 Å². The molecule has 136 valence electrons. The van der Waals surface area contributed by atoms with Crippen LogP contribution in [0.3, 0.4) is 0 Å². The highest BCUT2D eigenvalue weighted by atomic mass is 16.5. The molecule has 5 heteroatoms. The molecule has 0 radical (unpaired) electrons. The molecule has 0 spiro atoms. The SMILES string of the molecule is COCCNC(=O)C[C@]1(Cc2ccccc2)C(=O)N(C)c2ccccc21. The van der Waals surface area contributed by atoms with Crippen molar-refractivity contribution in [3.63, 3.8) is 0 Å². The molecule has 0 fully saturated rings. The molecule has 2 aromatic rings. The minimum absolute atomic E-state index is 0.0376. The molecule has 0 saturated heterocycles. The number of carbonyl (C=O) groups excluding carboxylic acids is 2. The lowest BCUT2D eigenvalue weighted by Gasteiger charge is -2.28. The summed E-state index contributed by atoms with van der Waals surface area (Å²) >= 11 is 0. The Morgan fingerprint density at radius 2 is 1.81 bits per heavy atom. The first-order chi connectivity index (χ1) is 12.6. The standard InChI is InChI=1S/C21H24N2O3/c1-23-18-11-7-6-10-17(18)21(20(23)25,14-16-8-4-3-5-9-16)15-19(24)22-12-13-26-2/h3-11H,12-15H2,1-2H3,(H,22,24)/t21-/m0/s1. The van der Waals surface area contributed by atoms with E-state index in [1.807, 2.05) is 54.6 Å². The monoisotopic (exact) mass is 352 g/mol. The minimum Gasteiger partial charge on any atom is -0.383 e. The van der Waals surface area contributed by atoms with Gasteiger partial charge in [0, 0.05) is 32.8 Å². The van der Waals surface area contributed by atoms with Crippen molar-refractivity contribution in [1.29, 1.82) is 0 Å². The van der Waals surface area contributed by atoms with E-state index in [1.54, 1.807) is 19.1 Å². The van der Waals surface area contributed by atoms with Crippen molar-refractivity contribution >= 4 is 17.5 Å². The Labute approximate surface area is 154 Å². The van der Waals surface area contributed by atoms with Crippen LogP contribution in [-0.4, -0.2) is 39.1 Å². The Morgan fingerprint density at radius 1 is 1.12 bits per heavy atom. The van der Waals surface area contributed by atoms with E-state index in [1.165, 1.54) is 0 Å². The molecule has 26 heavy (non-hydrogen) atoms. The van der Waals surface area contributed by atoms with Crippen LogP contribution in [0.4, 0.5) is 5.69 Å². The van der Waals surface area contributed by atoms with Gasteiger partial charge < -0.3 is 15.0 Å². The van der Waals surface area contributed by atoms with Crippen molar-refractivity contribution in [1.82, 2.24) is 5.32 Å². The molecule has 0 saturated carbocycles. The predicted octanol–water partition coefficient (Wildman–Crippen LogP) is 2.30. The third kappa shape index (κ3) is 3.35. The Morgan fingerprint density at radius 3 is 2.54 bits per heavy atom. The lowest BCUT2D eigenvalue weighted by molar-refractivity contribution is -0.129. The molecule has 1 atom stereocenters. The van der Waals surface area contributed by atoms with Gasteiger partial charge in [0.05, 0.1) is 12.0 Å². The maximum Gasteiger partial charge on any atom is 0.238 e. The number of likely N-dealkylation sites (N-methyl/N-ethyl adjacent to an activating group) is 1. The van der Waals surface area contributed by atoms with Crippen molar-refractivity contribution in [2.45, 2.75) is 18.3 Å². The third-order valence-electron chi connectivity index (χ3n) is 4.93. The minimum atomic E-state index is -0.885. The normalized spacial score (nSPS) is 18.7. The van der Waals surface area contributed by atoms with E-state index < -0.39 is 5.41 Å². The lowest BCUT2D eigenvalue weighted by Crippen LogP contribution is -2.44. The number of carbonyl (C=O) groups is 2. The molecule has 1 aliphatic heterocycles. The van der Waals surface area contributed by atoms with E-state index in [0.717, 1.165) is 16.8 Å². The fraction of sp³-hybridized carbons (Fsp3) is 0.333. The average Bonchev–Trinajstić information content (AvgIpc) is 2.85. The fourth-order valence-corrected chi connectivity index (χ4v) is 3.69. The highest BCUT2D eigenvalue weighted by Crippen LogP contribution is 2.45. The molecule has 1 N–H and O–H groups in total. The molecule has 1 aliphatic rings. The highest BCUT2D eigenvalue weighted by molar-refractivity contribution is 6.09. The largest absolute Gasteiger partial charge is 0.383 e. The van der Waals surface area contributed by atoms with E-state index in [0.29, 0.717) is 19.6 Å². The van der Waals surface area contributed by atoms with Gasteiger partial charge in [-0.15, -0.1) is 0 Å². The van der Waals surface area contributed by atoms with Gasteiger partial charge in [0.25, 0.3) is 0 Å². The van der Waals surface area contributed by atoms with Crippen LogP contribution in [0, 0.1) is 0 Å². The van der Waals surface area contributed by atoms with Gasteiger partial charge in [-0.05, 0) is 23.6 Å². The number of rotatable bonds is 7. The highest BCUT2D eigenvalue weighted by Gasteiger charge is 2.50. The van der Waals surface area contributed by atoms with Gasteiger partial charge in [-0.2, -0.15) is 0 Å². The van der Waals surface area contributed by atoms with E-state index >= 15 is 0 Å². The van der Waals surface area contributed by atoms with Crippen molar-refractivity contribution in [3.05, 3.63) is 65.7 Å². The number of hydrogen-bond acceptors (Lipinski definition) is 3. The first-order valence-corrected chi connectivity index (χ1v) is 8.76. The van der Waals surface area contributed by atoms with Crippen LogP contribution >= 0.6 is 0 Å². The number of nitrogens with zero attached hydrogens (tertiary/aromatic N) is 1. The molecule has 5 nitrogen and oxygen atoms in total. The Bertz CT molecular complexity index is 791. The van der Waals surface area contributed by atoms with Crippen LogP contribution in [0.2, 0.25) is 0 Å². The molecule has 0 unspecified atom stereocenters. The van der Waals surface area contributed by atoms with Crippen LogP contribution in [0.15, 0.2) is 54.6 Å². The molecular formula is C21H24N2O3. The van der Waals surface area contributed by atoms with Gasteiger partial charge in [0.1, 0.15) is 0 Å². The van der Waals surface area contributed by atoms with E-state index in [-0.39, 0.29) is 18.2 Å². The quantitative estimate of drug-likeness (QED) is 0.778. The van der Waals surface area contributed by atoms with E-state index in [4.69, 9.17) is 4.74 Å².